The topological polar surface area (TPSA) is 82.9 Å². The highest BCUT2D eigenvalue weighted by atomic mass is 16.4. The molecule has 0 spiro atoms. The third-order valence-corrected chi connectivity index (χ3v) is 5.42. The number of nitrogens with zero attached hydrogens (tertiary/aromatic N) is 2. The van der Waals surface area contributed by atoms with Crippen molar-refractivity contribution in [3.8, 4) is 0 Å². The standard InChI is InChI=1S/C22H23N3O4/c1-14-6-7-16(12-15(14)2)25-21(27)18(20(26)23-22(25)28)13-17-8-9-19(29-17)24-10-4-3-5-11-24/h6-9,12-13H,3-5,10-11H2,1-2H3,(H,23,26,28)/b18-13-. The second-order valence-corrected chi connectivity index (χ2v) is 7.45. The fourth-order valence-corrected chi connectivity index (χ4v) is 3.60. The highest BCUT2D eigenvalue weighted by Gasteiger charge is 2.37. The van der Waals surface area contributed by atoms with Crippen molar-refractivity contribution in [1.82, 2.24) is 5.32 Å². The first-order valence-corrected chi connectivity index (χ1v) is 9.77. The minimum absolute atomic E-state index is 0.137. The zero-order valence-corrected chi connectivity index (χ0v) is 16.5. The van der Waals surface area contributed by atoms with Crippen molar-refractivity contribution in [2.75, 3.05) is 22.9 Å². The Bertz CT molecular complexity index is 1010. The second-order valence-electron chi connectivity index (χ2n) is 7.45. The molecule has 0 bridgehead atoms. The highest BCUT2D eigenvalue weighted by molar-refractivity contribution is 6.39. The van der Waals surface area contributed by atoms with Crippen molar-refractivity contribution in [1.29, 1.82) is 0 Å². The average Bonchev–Trinajstić information content (AvgIpc) is 3.17. The SMILES string of the molecule is Cc1ccc(N2C(=O)NC(=O)/C(=C/c3ccc(N4CCCCC4)o3)C2=O)cc1C. The first-order chi connectivity index (χ1) is 13.9. The molecule has 2 aromatic rings. The summed E-state index contributed by atoms with van der Waals surface area (Å²) in [6.45, 7) is 5.71. The van der Waals surface area contributed by atoms with Crippen LogP contribution in [0.5, 0.6) is 0 Å². The minimum Gasteiger partial charge on any atom is -0.441 e. The Hall–Kier alpha value is -3.35. The lowest BCUT2D eigenvalue weighted by atomic mass is 10.1. The largest absolute Gasteiger partial charge is 0.441 e. The van der Waals surface area contributed by atoms with Crippen LogP contribution >= 0.6 is 0 Å². The van der Waals surface area contributed by atoms with Crippen molar-refractivity contribution in [3.63, 3.8) is 0 Å². The number of barbiturate groups is 1. The number of piperidine rings is 1. The number of aryl methyl sites for hydroxylation is 2. The van der Waals surface area contributed by atoms with Crippen LogP contribution in [0.2, 0.25) is 0 Å². The van der Waals surface area contributed by atoms with Gasteiger partial charge in [0.05, 0.1) is 5.69 Å². The van der Waals surface area contributed by atoms with Crippen LogP contribution in [-0.2, 0) is 9.59 Å². The Morgan fingerprint density at radius 2 is 1.72 bits per heavy atom. The molecular formula is C22H23N3O4. The van der Waals surface area contributed by atoms with E-state index < -0.39 is 17.8 Å². The molecule has 4 amide bonds. The molecule has 2 fully saturated rings. The van der Waals surface area contributed by atoms with Crippen LogP contribution < -0.4 is 15.1 Å². The van der Waals surface area contributed by atoms with Crippen molar-refractivity contribution in [3.05, 3.63) is 52.8 Å². The van der Waals surface area contributed by atoms with E-state index in [1.54, 1.807) is 18.2 Å². The van der Waals surface area contributed by atoms with Crippen LogP contribution in [0.1, 0.15) is 36.1 Å². The van der Waals surface area contributed by atoms with E-state index in [4.69, 9.17) is 4.42 Å². The van der Waals surface area contributed by atoms with Crippen LogP contribution in [0.25, 0.3) is 6.08 Å². The van der Waals surface area contributed by atoms with Gasteiger partial charge >= 0.3 is 6.03 Å². The zero-order valence-electron chi connectivity index (χ0n) is 16.5. The van der Waals surface area contributed by atoms with Gasteiger partial charge in [-0.05, 0) is 68.5 Å². The number of amides is 4. The van der Waals surface area contributed by atoms with E-state index >= 15 is 0 Å². The predicted octanol–water partition coefficient (Wildman–Crippen LogP) is 3.55. The van der Waals surface area contributed by atoms with E-state index in [0.29, 0.717) is 11.4 Å². The fraction of sp³-hybridized carbons (Fsp3) is 0.318. The lowest BCUT2D eigenvalue weighted by molar-refractivity contribution is -0.122. The maximum absolute atomic E-state index is 13.0. The van der Waals surface area contributed by atoms with Gasteiger partial charge in [-0.2, -0.15) is 0 Å². The number of carbonyl (C=O) groups excluding carboxylic acids is 3. The van der Waals surface area contributed by atoms with Crippen molar-refractivity contribution < 1.29 is 18.8 Å². The quantitative estimate of drug-likeness (QED) is 0.637. The number of carbonyl (C=O) groups is 3. The van der Waals surface area contributed by atoms with Crippen LogP contribution in [-0.4, -0.2) is 30.9 Å². The van der Waals surface area contributed by atoms with Gasteiger partial charge in [0.15, 0.2) is 5.88 Å². The molecule has 0 unspecified atom stereocenters. The van der Waals surface area contributed by atoms with Crippen LogP contribution in [0.3, 0.4) is 0 Å². The zero-order chi connectivity index (χ0) is 20.5. The van der Waals surface area contributed by atoms with E-state index in [1.165, 1.54) is 12.5 Å². The third-order valence-electron chi connectivity index (χ3n) is 5.42. The maximum atomic E-state index is 13.0. The highest BCUT2D eigenvalue weighted by Crippen LogP contribution is 2.27. The molecule has 0 aliphatic carbocycles. The Labute approximate surface area is 169 Å². The number of benzene rings is 1. The lowest BCUT2D eigenvalue weighted by Gasteiger charge is -2.27. The molecule has 0 atom stereocenters. The summed E-state index contributed by atoms with van der Waals surface area (Å²) in [5, 5.41) is 2.24. The summed E-state index contributed by atoms with van der Waals surface area (Å²) in [6, 6.07) is 8.09. The normalized spacial score (nSPS) is 19.1. The van der Waals surface area contributed by atoms with E-state index in [0.717, 1.165) is 47.8 Å². The first kappa shape index (κ1) is 19.0. The van der Waals surface area contributed by atoms with Gasteiger partial charge in [0, 0.05) is 19.2 Å². The maximum Gasteiger partial charge on any atom is 0.335 e. The van der Waals surface area contributed by atoms with Crippen molar-refractivity contribution in [2.24, 2.45) is 0 Å². The van der Waals surface area contributed by atoms with Gasteiger partial charge in [-0.1, -0.05) is 6.07 Å². The molecule has 1 aromatic carbocycles. The molecule has 7 heteroatoms. The summed E-state index contributed by atoms with van der Waals surface area (Å²) >= 11 is 0. The molecule has 4 rings (SSSR count). The Morgan fingerprint density at radius 1 is 0.966 bits per heavy atom. The van der Waals surface area contributed by atoms with Crippen molar-refractivity contribution in [2.45, 2.75) is 33.1 Å². The summed E-state index contributed by atoms with van der Waals surface area (Å²) in [7, 11) is 0. The average molecular weight is 393 g/mol. The number of furan rings is 1. The molecule has 3 heterocycles. The molecule has 0 radical (unpaired) electrons. The molecule has 2 aliphatic rings. The number of rotatable bonds is 3. The Balaban J connectivity index is 1.63. The molecule has 2 aliphatic heterocycles. The molecule has 29 heavy (non-hydrogen) atoms. The molecule has 150 valence electrons. The Morgan fingerprint density at radius 3 is 2.45 bits per heavy atom. The van der Waals surface area contributed by atoms with Gasteiger partial charge in [-0.25, -0.2) is 9.69 Å². The minimum atomic E-state index is -0.756. The Kier molecular flexibility index (Phi) is 4.96. The van der Waals surface area contributed by atoms with E-state index in [2.05, 4.69) is 10.2 Å². The number of urea groups is 1. The fourth-order valence-electron chi connectivity index (χ4n) is 3.60. The van der Waals surface area contributed by atoms with E-state index in [1.807, 2.05) is 26.0 Å². The number of hydrogen-bond donors (Lipinski definition) is 1. The van der Waals surface area contributed by atoms with Gasteiger partial charge in [0.1, 0.15) is 11.3 Å². The summed E-state index contributed by atoms with van der Waals surface area (Å²) < 4.78 is 5.84. The van der Waals surface area contributed by atoms with Gasteiger partial charge in [-0.3, -0.25) is 14.9 Å². The van der Waals surface area contributed by atoms with Gasteiger partial charge in [0.2, 0.25) is 0 Å². The van der Waals surface area contributed by atoms with E-state index in [-0.39, 0.29) is 5.57 Å². The molecule has 2 saturated heterocycles. The van der Waals surface area contributed by atoms with Crippen molar-refractivity contribution >= 4 is 35.5 Å². The number of anilines is 2. The van der Waals surface area contributed by atoms with E-state index in [9.17, 15) is 14.4 Å². The predicted molar refractivity (Wildman–Crippen MR) is 110 cm³/mol. The number of imide groups is 2. The molecule has 1 N–H and O–H groups in total. The summed E-state index contributed by atoms with van der Waals surface area (Å²) in [5.41, 5.74) is 2.28. The van der Waals surface area contributed by atoms with Gasteiger partial charge in [0.25, 0.3) is 11.8 Å². The van der Waals surface area contributed by atoms with Crippen LogP contribution in [0.4, 0.5) is 16.4 Å². The number of hydrogen-bond acceptors (Lipinski definition) is 5. The third kappa shape index (κ3) is 3.68. The van der Waals surface area contributed by atoms with Gasteiger partial charge in [-0.15, -0.1) is 0 Å². The van der Waals surface area contributed by atoms with Crippen LogP contribution in [0, 0.1) is 13.8 Å². The monoisotopic (exact) mass is 393 g/mol. The molecule has 1 aromatic heterocycles. The molecule has 7 nitrogen and oxygen atoms in total. The van der Waals surface area contributed by atoms with Crippen LogP contribution in [0.15, 0.2) is 40.3 Å². The summed E-state index contributed by atoms with van der Waals surface area (Å²) in [4.78, 5) is 40.8. The first-order valence-electron chi connectivity index (χ1n) is 9.77. The smallest absolute Gasteiger partial charge is 0.335 e. The second kappa shape index (κ2) is 7.58. The summed E-state index contributed by atoms with van der Waals surface area (Å²) in [5.74, 6) is -0.269. The number of nitrogens with one attached hydrogen (secondary N) is 1. The summed E-state index contributed by atoms with van der Waals surface area (Å²) in [6.07, 6.45) is 4.84. The van der Waals surface area contributed by atoms with Gasteiger partial charge < -0.3 is 9.32 Å². The molecular weight excluding hydrogens is 370 g/mol. The lowest BCUT2D eigenvalue weighted by Crippen LogP contribution is -2.54. The molecule has 0 saturated carbocycles.